The number of morpholine rings is 1. The summed E-state index contributed by atoms with van der Waals surface area (Å²) in [6, 6.07) is 8.10. The molecule has 1 aromatic carbocycles. The van der Waals surface area contributed by atoms with Crippen molar-refractivity contribution in [3.63, 3.8) is 0 Å². The maximum absolute atomic E-state index is 13.1. The molecular weight excluding hydrogens is 441 g/mol. The van der Waals surface area contributed by atoms with Crippen LogP contribution in [0.25, 0.3) is 0 Å². The van der Waals surface area contributed by atoms with Gasteiger partial charge in [0, 0.05) is 40.9 Å². The quantitative estimate of drug-likeness (QED) is 0.656. The minimum absolute atomic E-state index is 0.253. The average molecular weight is 464 g/mol. The summed E-state index contributed by atoms with van der Waals surface area (Å²) in [5, 5.41) is 4.24. The summed E-state index contributed by atoms with van der Waals surface area (Å²) in [5.41, 5.74) is 1.80. The number of hydrogen-bond donors (Lipinski definition) is 1. The molecule has 1 aromatic heterocycles. The van der Waals surface area contributed by atoms with Gasteiger partial charge in [-0.3, -0.25) is 9.89 Å². The first kappa shape index (κ1) is 21.9. The second-order valence-electron chi connectivity index (χ2n) is 7.15. The Morgan fingerprint density at radius 3 is 2.77 bits per heavy atom. The normalized spacial score (nSPS) is 19.7. The largest absolute Gasteiger partial charge is 0.463 e. The van der Waals surface area contributed by atoms with Crippen LogP contribution in [0.15, 0.2) is 57.3 Å². The SMILES string of the molecule is CCOC(=O)C1=C(CN2CCOCC2)NC(c2ccco2)=NC1c1ccc(Cl)cc1Cl. The van der Waals surface area contributed by atoms with Crippen LogP contribution in [0, 0.1) is 0 Å². The van der Waals surface area contributed by atoms with Gasteiger partial charge in [0.2, 0.25) is 0 Å². The van der Waals surface area contributed by atoms with Crippen molar-refractivity contribution in [3.05, 3.63) is 69.2 Å². The molecule has 3 heterocycles. The third-order valence-corrected chi connectivity index (χ3v) is 5.68. The predicted octanol–water partition coefficient (Wildman–Crippen LogP) is 3.83. The molecule has 164 valence electrons. The first-order valence-corrected chi connectivity index (χ1v) is 10.9. The van der Waals surface area contributed by atoms with Gasteiger partial charge in [0.15, 0.2) is 11.6 Å². The molecule has 4 rings (SSSR count). The van der Waals surface area contributed by atoms with Crippen LogP contribution < -0.4 is 5.32 Å². The van der Waals surface area contributed by atoms with E-state index in [1.807, 2.05) is 6.07 Å². The Balaban J connectivity index is 1.81. The second kappa shape index (κ2) is 9.87. The maximum atomic E-state index is 13.1. The van der Waals surface area contributed by atoms with Crippen LogP contribution in [0.1, 0.15) is 24.3 Å². The minimum atomic E-state index is -0.666. The number of esters is 1. The molecule has 2 aromatic rings. The molecule has 7 nitrogen and oxygen atoms in total. The van der Waals surface area contributed by atoms with E-state index in [0.29, 0.717) is 58.2 Å². The number of halogens is 2. The van der Waals surface area contributed by atoms with Gasteiger partial charge in [-0.2, -0.15) is 0 Å². The fourth-order valence-corrected chi connectivity index (χ4v) is 4.15. The van der Waals surface area contributed by atoms with Gasteiger partial charge in [-0.1, -0.05) is 29.3 Å². The molecule has 0 bridgehead atoms. The maximum Gasteiger partial charge on any atom is 0.338 e. The van der Waals surface area contributed by atoms with Crippen molar-refractivity contribution in [2.24, 2.45) is 4.99 Å². The summed E-state index contributed by atoms with van der Waals surface area (Å²) in [6.07, 6.45) is 1.58. The summed E-state index contributed by atoms with van der Waals surface area (Å²) in [5.74, 6) is 0.659. The van der Waals surface area contributed by atoms with E-state index in [4.69, 9.17) is 42.1 Å². The lowest BCUT2D eigenvalue weighted by atomic mass is 9.95. The van der Waals surface area contributed by atoms with Gasteiger partial charge in [0.05, 0.1) is 31.7 Å². The third-order valence-electron chi connectivity index (χ3n) is 5.12. The standard InChI is InChI=1S/C22H23Cl2N3O4/c1-2-30-22(28)19-17(13-27-7-10-29-11-8-27)25-21(18-4-3-9-31-18)26-20(19)15-6-5-14(23)12-16(15)24/h3-6,9,12,20H,2,7-8,10-11,13H2,1H3,(H,25,26). The summed E-state index contributed by atoms with van der Waals surface area (Å²) in [6.45, 7) is 5.36. The van der Waals surface area contributed by atoms with Gasteiger partial charge in [0.25, 0.3) is 0 Å². The van der Waals surface area contributed by atoms with Crippen LogP contribution in [0.2, 0.25) is 10.0 Å². The van der Waals surface area contributed by atoms with E-state index in [-0.39, 0.29) is 6.61 Å². The highest BCUT2D eigenvalue weighted by Gasteiger charge is 2.34. The highest BCUT2D eigenvalue weighted by molar-refractivity contribution is 6.35. The lowest BCUT2D eigenvalue weighted by molar-refractivity contribution is -0.139. The van der Waals surface area contributed by atoms with E-state index >= 15 is 0 Å². The average Bonchev–Trinajstić information content (AvgIpc) is 3.29. The van der Waals surface area contributed by atoms with E-state index < -0.39 is 12.0 Å². The molecule has 0 saturated carbocycles. The Labute approximate surface area is 190 Å². The van der Waals surface area contributed by atoms with E-state index in [2.05, 4.69) is 10.2 Å². The van der Waals surface area contributed by atoms with Gasteiger partial charge >= 0.3 is 5.97 Å². The van der Waals surface area contributed by atoms with Crippen LogP contribution in [-0.2, 0) is 14.3 Å². The number of furan rings is 1. The first-order chi connectivity index (χ1) is 15.1. The number of rotatable bonds is 6. The van der Waals surface area contributed by atoms with Crippen LogP contribution in [0.5, 0.6) is 0 Å². The molecule has 0 aliphatic carbocycles. The Hall–Kier alpha value is -2.32. The summed E-state index contributed by atoms with van der Waals surface area (Å²) < 4.78 is 16.4. The molecule has 31 heavy (non-hydrogen) atoms. The Morgan fingerprint density at radius 2 is 2.10 bits per heavy atom. The number of nitrogens with zero attached hydrogens (tertiary/aromatic N) is 2. The Bertz CT molecular complexity index is 998. The van der Waals surface area contributed by atoms with Crippen LogP contribution in [0.4, 0.5) is 0 Å². The fraction of sp³-hybridized carbons (Fsp3) is 0.364. The predicted molar refractivity (Wildman–Crippen MR) is 119 cm³/mol. The van der Waals surface area contributed by atoms with Gasteiger partial charge in [-0.15, -0.1) is 0 Å². The fourth-order valence-electron chi connectivity index (χ4n) is 3.64. The number of benzene rings is 1. The Kier molecular flexibility index (Phi) is 6.97. The zero-order valence-electron chi connectivity index (χ0n) is 17.1. The van der Waals surface area contributed by atoms with E-state index in [1.165, 1.54) is 0 Å². The molecule has 1 atom stereocenters. The van der Waals surface area contributed by atoms with Crippen molar-refractivity contribution in [1.29, 1.82) is 0 Å². The van der Waals surface area contributed by atoms with E-state index in [0.717, 1.165) is 13.1 Å². The molecule has 0 amide bonds. The third kappa shape index (κ3) is 4.96. The molecule has 2 aliphatic rings. The monoisotopic (exact) mass is 463 g/mol. The summed E-state index contributed by atoms with van der Waals surface area (Å²) in [4.78, 5) is 20.1. The number of carbonyl (C=O) groups excluding carboxylic acids is 1. The number of hydrogen-bond acceptors (Lipinski definition) is 7. The van der Waals surface area contributed by atoms with Crippen molar-refractivity contribution < 1.29 is 18.7 Å². The molecule has 9 heteroatoms. The number of amidine groups is 1. The molecular formula is C22H23Cl2N3O4. The molecule has 1 N–H and O–H groups in total. The van der Waals surface area contributed by atoms with Crippen molar-refractivity contribution in [2.45, 2.75) is 13.0 Å². The second-order valence-corrected chi connectivity index (χ2v) is 7.99. The highest BCUT2D eigenvalue weighted by atomic mass is 35.5. The van der Waals surface area contributed by atoms with E-state index in [9.17, 15) is 4.79 Å². The van der Waals surface area contributed by atoms with Gasteiger partial charge in [-0.25, -0.2) is 4.79 Å². The lowest BCUT2D eigenvalue weighted by Crippen LogP contribution is -2.43. The number of carbonyl (C=O) groups is 1. The van der Waals surface area contributed by atoms with Crippen molar-refractivity contribution in [1.82, 2.24) is 10.2 Å². The zero-order chi connectivity index (χ0) is 21.8. The summed E-state index contributed by atoms with van der Waals surface area (Å²) >= 11 is 12.6. The van der Waals surface area contributed by atoms with E-state index in [1.54, 1.807) is 37.5 Å². The van der Waals surface area contributed by atoms with Crippen LogP contribution >= 0.6 is 23.2 Å². The number of ether oxygens (including phenoxy) is 2. The van der Waals surface area contributed by atoms with Gasteiger partial charge < -0.3 is 19.2 Å². The highest BCUT2D eigenvalue weighted by Crippen LogP contribution is 2.37. The molecule has 1 saturated heterocycles. The minimum Gasteiger partial charge on any atom is -0.463 e. The first-order valence-electron chi connectivity index (χ1n) is 10.1. The van der Waals surface area contributed by atoms with Crippen LogP contribution in [-0.4, -0.2) is 56.2 Å². The summed E-state index contributed by atoms with van der Waals surface area (Å²) in [7, 11) is 0. The lowest BCUT2D eigenvalue weighted by Gasteiger charge is -2.32. The molecule has 0 spiro atoms. The number of nitrogens with one attached hydrogen (secondary N) is 1. The zero-order valence-corrected chi connectivity index (χ0v) is 18.6. The van der Waals surface area contributed by atoms with Crippen LogP contribution in [0.3, 0.4) is 0 Å². The Morgan fingerprint density at radius 1 is 1.29 bits per heavy atom. The topological polar surface area (TPSA) is 76.3 Å². The van der Waals surface area contributed by atoms with Crippen molar-refractivity contribution in [2.75, 3.05) is 39.5 Å². The molecule has 0 radical (unpaired) electrons. The molecule has 2 aliphatic heterocycles. The smallest absolute Gasteiger partial charge is 0.338 e. The van der Waals surface area contributed by atoms with Crippen molar-refractivity contribution >= 4 is 35.0 Å². The van der Waals surface area contributed by atoms with Gasteiger partial charge in [-0.05, 0) is 31.2 Å². The molecule has 1 fully saturated rings. The number of aliphatic imine (C=N–C) groups is 1. The molecule has 1 unspecified atom stereocenters. The van der Waals surface area contributed by atoms with Gasteiger partial charge in [0.1, 0.15) is 6.04 Å². The van der Waals surface area contributed by atoms with Crippen molar-refractivity contribution in [3.8, 4) is 0 Å².